The van der Waals surface area contributed by atoms with E-state index < -0.39 is 211 Å². The topological polar surface area (TPSA) is 72.6 Å². The van der Waals surface area contributed by atoms with Crippen molar-refractivity contribution in [2.45, 2.75) is 0 Å². The van der Waals surface area contributed by atoms with E-state index in [4.69, 9.17) is 0 Å². The van der Waals surface area contributed by atoms with Crippen molar-refractivity contribution in [3.63, 3.8) is 0 Å². The van der Waals surface area contributed by atoms with Gasteiger partial charge < -0.3 is 15.0 Å². The fourth-order valence-electron chi connectivity index (χ4n) is 8.30. The fourth-order valence-corrected chi connectivity index (χ4v) is 8.30. The second-order valence-corrected chi connectivity index (χ2v) is 15.6. The largest absolute Gasteiger partial charge is 0.354 e. The summed E-state index contributed by atoms with van der Waals surface area (Å²) in [7, 11) is 0. The first-order valence-electron chi connectivity index (χ1n) is 20.0. The maximum Gasteiger partial charge on any atom is 0.200 e. The van der Waals surface area contributed by atoms with Crippen LogP contribution < -0.4 is 0 Å². The number of hydrogen-bond acceptors (Lipinski definition) is 2. The van der Waals surface area contributed by atoms with Crippen molar-refractivity contribution in [3.05, 3.63) is 176 Å². The van der Waals surface area contributed by atoms with E-state index in [1.807, 2.05) is 0 Å². The van der Waals surface area contributed by atoms with Gasteiger partial charge in [-0.05, 0) is 54.6 Å². The van der Waals surface area contributed by atoms with Gasteiger partial charge in [0.05, 0.1) is 44.8 Å². The zero-order chi connectivity index (χ0) is 52.5. The number of H-pyrrole nitrogens is 3. The lowest BCUT2D eigenvalue weighted by atomic mass is 9.98. The van der Waals surface area contributed by atoms with Crippen LogP contribution in [0.3, 0.4) is 0 Å². The maximum atomic E-state index is 16.0. The number of aromatic amines is 3. The summed E-state index contributed by atoms with van der Waals surface area (Å²) in [6.07, 6.45) is 2.33. The molecule has 0 spiro atoms. The molecule has 0 saturated carbocycles. The Labute approximate surface area is 389 Å². The summed E-state index contributed by atoms with van der Waals surface area (Å²) in [5.74, 6) is -51.8. The van der Waals surface area contributed by atoms with Crippen LogP contribution in [0.5, 0.6) is 0 Å². The summed E-state index contributed by atoms with van der Waals surface area (Å²) < 4.78 is 305. The van der Waals surface area contributed by atoms with Gasteiger partial charge >= 0.3 is 0 Å². The molecule has 0 saturated heterocycles. The van der Waals surface area contributed by atoms with Gasteiger partial charge in [-0.3, -0.25) is 4.99 Å². The van der Waals surface area contributed by atoms with E-state index in [0.717, 1.165) is 42.5 Å². The molecule has 0 radical (unpaired) electrons. The van der Waals surface area contributed by atoms with E-state index in [1.165, 1.54) is 0 Å². The Morgan fingerprint density at radius 2 is 0.534 bits per heavy atom. The van der Waals surface area contributed by atoms with Crippen LogP contribution in [0.4, 0.5) is 93.5 Å². The standard InChI is InChI=1S/C48H13F20N5/c49-29-25(30(50)38(58)45(65)37(29)57)21-11-9-20(69-10-11)24(28-35(55)43(63)48(68)44(64)36(28)56)19-8-7-18(73-19)23(27-33(53)41(61)47(67)42(62)34(27)54)16-4-2-13(71-16)12-1-3-15(70-12)22(17-6-5-14(21)72-17)26-31(51)39(59)46(66)40(60)32(26)52/h1-10,70,72-73H. The molecule has 8 aromatic rings. The first-order valence-corrected chi connectivity index (χ1v) is 20.0. The van der Waals surface area contributed by atoms with Crippen LogP contribution in [-0.4, -0.2) is 26.2 Å². The second-order valence-electron chi connectivity index (χ2n) is 15.6. The van der Waals surface area contributed by atoms with Crippen molar-refractivity contribution in [2.75, 3.05) is 0 Å². The van der Waals surface area contributed by atoms with Gasteiger partial charge in [-0.25, -0.2) is 92.8 Å². The zero-order valence-electron chi connectivity index (χ0n) is 34.7. The molecule has 0 amide bonds. The lowest BCUT2D eigenvalue weighted by molar-refractivity contribution is 0.381. The van der Waals surface area contributed by atoms with Crippen molar-refractivity contribution in [1.29, 1.82) is 0 Å². The average molecular weight is 1040 g/mol. The number of rotatable bonds is 4. The van der Waals surface area contributed by atoms with Gasteiger partial charge in [0, 0.05) is 61.6 Å². The molecule has 4 aromatic heterocycles. The number of hydrogen-bond donors (Lipinski definition) is 3. The van der Waals surface area contributed by atoms with E-state index in [0.29, 0.717) is 18.3 Å². The molecule has 0 aliphatic carbocycles. The number of nitrogens with zero attached hydrogens (tertiary/aromatic N) is 2. The predicted octanol–water partition coefficient (Wildman–Crippen LogP) is 15.3. The quantitative estimate of drug-likeness (QED) is 0.0917. The summed E-state index contributed by atoms with van der Waals surface area (Å²) in [6.45, 7) is 0. The lowest BCUT2D eigenvalue weighted by Gasteiger charge is -2.11. The monoisotopic (exact) mass is 1040 g/mol. The van der Waals surface area contributed by atoms with Crippen molar-refractivity contribution in [3.8, 4) is 44.5 Å². The maximum absolute atomic E-state index is 16.0. The van der Waals surface area contributed by atoms with Crippen molar-refractivity contribution in [2.24, 2.45) is 4.99 Å². The van der Waals surface area contributed by atoms with Crippen LogP contribution in [0.25, 0.3) is 89.8 Å². The molecule has 73 heavy (non-hydrogen) atoms. The Balaban J connectivity index is 1.50. The highest BCUT2D eigenvalue weighted by molar-refractivity contribution is 6.05. The van der Waals surface area contributed by atoms with Gasteiger partial charge in [0.1, 0.15) is 0 Å². The molecule has 5 nitrogen and oxygen atoms in total. The van der Waals surface area contributed by atoms with Crippen LogP contribution in [0, 0.1) is 116 Å². The normalized spacial score (nSPS) is 12.3. The summed E-state index contributed by atoms with van der Waals surface area (Å²) in [5.41, 5.74) is -19.4. The third kappa shape index (κ3) is 7.02. The average Bonchev–Trinajstić information content (AvgIpc) is 4.26. The minimum absolute atomic E-state index is 0.332. The second kappa shape index (κ2) is 17.0. The van der Waals surface area contributed by atoms with E-state index in [9.17, 15) is 35.1 Å². The highest BCUT2D eigenvalue weighted by Crippen LogP contribution is 2.45. The molecule has 2 aliphatic rings. The first kappa shape index (κ1) is 48.0. The van der Waals surface area contributed by atoms with Crippen LogP contribution in [0.1, 0.15) is 17.0 Å². The van der Waals surface area contributed by atoms with Crippen LogP contribution in [-0.2, 0) is 0 Å². The molecule has 0 unspecified atom stereocenters. The van der Waals surface area contributed by atoms with Crippen molar-refractivity contribution in [1.82, 2.24) is 19.9 Å². The molecule has 10 bridgehead atoms. The van der Waals surface area contributed by atoms with Gasteiger partial charge in [0.2, 0.25) is 23.3 Å². The van der Waals surface area contributed by atoms with E-state index in [2.05, 4.69) is 24.9 Å². The number of aliphatic imine (C=N–C) groups is 1. The third-order valence-corrected chi connectivity index (χ3v) is 11.6. The molecule has 3 N–H and O–H groups in total. The van der Waals surface area contributed by atoms with E-state index in [1.54, 1.807) is 0 Å². The van der Waals surface area contributed by atoms with Crippen LogP contribution in [0.2, 0.25) is 0 Å². The third-order valence-electron chi connectivity index (χ3n) is 11.6. The first-order chi connectivity index (χ1) is 34.5. The molecular weight excluding hydrogens is 1030 g/mol. The van der Waals surface area contributed by atoms with Gasteiger partial charge in [-0.15, -0.1) is 0 Å². The molecular formula is C48H13F20N5. The minimum Gasteiger partial charge on any atom is -0.354 e. The van der Waals surface area contributed by atoms with Crippen molar-refractivity contribution >= 4 is 57.2 Å². The Morgan fingerprint density at radius 3 is 0.945 bits per heavy atom. The molecule has 10 rings (SSSR count). The molecule has 25 heteroatoms. The van der Waals surface area contributed by atoms with E-state index in [-0.39, 0.29) is 5.52 Å². The summed E-state index contributed by atoms with van der Waals surface area (Å²) in [4.78, 5) is 15.3. The Hall–Kier alpha value is -8.64. The van der Waals surface area contributed by atoms with E-state index >= 15 is 52.7 Å². The summed E-state index contributed by atoms with van der Waals surface area (Å²) in [6, 6.07) is 5.29. The molecule has 0 atom stereocenters. The Bertz CT molecular complexity index is 4000. The number of aromatic nitrogens is 4. The molecule has 6 heterocycles. The molecule has 4 aromatic carbocycles. The molecule has 2 aliphatic heterocycles. The minimum atomic E-state index is -2.72. The number of nitrogens with one attached hydrogen (secondary N) is 3. The van der Waals surface area contributed by atoms with Gasteiger partial charge in [0.15, 0.2) is 93.1 Å². The SMILES string of the molecule is Fc1c(F)c(F)c(-c2c3cc(c(-c4c(F)c(F)c(F)c(F)c4F)c4ccc([nH]4)c(-c4c(F)c(F)c(F)c(F)c4F)c4nc(c5ccc([nH]5)c(-c5c(F)c(F)c(F)c(F)c5F)c5ccc2[nH]5)C=C4)N=C3)c(F)c1F. The van der Waals surface area contributed by atoms with Gasteiger partial charge in [-0.1, -0.05) is 0 Å². The molecule has 0 fully saturated rings. The zero-order valence-corrected chi connectivity index (χ0v) is 34.7. The number of fused-ring (bicyclic) bond motifs is 11. The molecule has 370 valence electrons. The Morgan fingerprint density at radius 1 is 0.260 bits per heavy atom. The summed E-state index contributed by atoms with van der Waals surface area (Å²) in [5, 5.41) is 0. The van der Waals surface area contributed by atoms with Crippen LogP contribution in [0.15, 0.2) is 47.5 Å². The smallest absolute Gasteiger partial charge is 0.200 e. The predicted molar refractivity (Wildman–Crippen MR) is 221 cm³/mol. The highest BCUT2D eigenvalue weighted by atomic mass is 19.2. The van der Waals surface area contributed by atoms with Gasteiger partial charge in [0.25, 0.3) is 0 Å². The van der Waals surface area contributed by atoms with Crippen molar-refractivity contribution < 1.29 is 87.8 Å². The lowest BCUT2D eigenvalue weighted by Crippen LogP contribution is -2.05. The van der Waals surface area contributed by atoms with Crippen LogP contribution >= 0.6 is 0 Å². The number of benzene rings is 4. The number of halogens is 20. The fraction of sp³-hybridized carbons (Fsp3) is 0. The van der Waals surface area contributed by atoms with Gasteiger partial charge in [-0.2, -0.15) is 0 Å². The highest BCUT2D eigenvalue weighted by Gasteiger charge is 2.34. The summed E-state index contributed by atoms with van der Waals surface area (Å²) >= 11 is 0. The Kier molecular flexibility index (Phi) is 11.2.